The van der Waals surface area contributed by atoms with E-state index in [1.165, 1.54) is 25.2 Å². The molecule has 0 radical (unpaired) electrons. The van der Waals surface area contributed by atoms with E-state index in [1.54, 1.807) is 0 Å². The predicted octanol–water partition coefficient (Wildman–Crippen LogP) is 1.92. The molecule has 5 nitrogen and oxygen atoms in total. The molecule has 1 atom stereocenters. The van der Waals surface area contributed by atoms with Gasteiger partial charge in [0.25, 0.3) is 0 Å². The zero-order valence-corrected chi connectivity index (χ0v) is 11.3. The molecule has 1 aromatic carbocycles. The number of ether oxygens (including phenoxy) is 1. The molecule has 1 aromatic heterocycles. The lowest BCUT2D eigenvalue weighted by molar-refractivity contribution is 0.177. The van der Waals surface area contributed by atoms with Crippen LogP contribution in [0.4, 0.5) is 4.79 Å². The Balaban J connectivity index is 2.10. The zero-order valence-electron chi connectivity index (χ0n) is 22.3. The Morgan fingerprint density at radius 2 is 2.57 bits per heavy atom. The van der Waals surface area contributed by atoms with E-state index in [9.17, 15) is 4.79 Å². The minimum absolute atomic E-state index is 0.0549. The van der Waals surface area contributed by atoms with E-state index in [4.69, 9.17) is 15.2 Å². The Morgan fingerprint density at radius 3 is 3.33 bits per heavy atom. The number of benzene rings is 1. The van der Waals surface area contributed by atoms with Gasteiger partial charge in [-0.1, -0.05) is 6.07 Å². The molecule has 5 heteroatoms. The molecule has 1 amide bonds. The van der Waals surface area contributed by atoms with Crippen molar-refractivity contribution in [2.24, 2.45) is 0 Å². The molecule has 1 aliphatic rings. The van der Waals surface area contributed by atoms with Crippen LogP contribution in [0.2, 0.25) is 2.82 Å². The van der Waals surface area contributed by atoms with E-state index in [2.05, 4.69) is 4.74 Å². The average molecular weight is 298 g/mol. The molecule has 2 N–H and O–H groups in total. The van der Waals surface area contributed by atoms with Crippen LogP contribution in [0.1, 0.15) is 23.5 Å². The number of rotatable bonds is 5. The lowest BCUT2D eigenvalue weighted by atomic mass is 10.0. The van der Waals surface area contributed by atoms with E-state index in [0.29, 0.717) is 0 Å². The van der Waals surface area contributed by atoms with Gasteiger partial charge in [-0.3, -0.25) is 0 Å². The largest absolute Gasteiger partial charge is 0.447 e. The number of nitrogens with one attached hydrogen (secondary N) is 2. The molecule has 0 unspecified atom stereocenters. The second-order valence-electron chi connectivity index (χ2n) is 4.60. The first-order valence-corrected chi connectivity index (χ1v) is 6.27. The topological polar surface area (TPSA) is 57.4 Å². The van der Waals surface area contributed by atoms with Crippen molar-refractivity contribution in [3.8, 4) is 0 Å². The molecule has 0 spiro atoms. The van der Waals surface area contributed by atoms with Crippen molar-refractivity contribution < 1.29 is 24.7 Å². The summed E-state index contributed by atoms with van der Waals surface area (Å²) in [5.41, 5.74) is -0.00737. The van der Waals surface area contributed by atoms with Crippen LogP contribution in [-0.2, 0) is 17.5 Å². The van der Waals surface area contributed by atoms with E-state index in [-0.39, 0.29) is 27.3 Å². The summed E-state index contributed by atoms with van der Waals surface area (Å²) in [5.74, 6) is 0. The van der Waals surface area contributed by atoms with Crippen molar-refractivity contribution in [2.75, 3.05) is 27.1 Å². The summed E-state index contributed by atoms with van der Waals surface area (Å²) in [7, 11) is 1.23. The van der Waals surface area contributed by atoms with Gasteiger partial charge in [-0.05, 0) is 50.0 Å². The Kier molecular flexibility index (Phi) is 1.65. The van der Waals surface area contributed by atoms with Crippen LogP contribution in [0.15, 0.2) is 24.4 Å². The maximum Gasteiger partial charge on any atom is 0.407 e. The Bertz CT molecular complexity index is 1050. The first kappa shape index (κ1) is 6.01. The fourth-order valence-corrected chi connectivity index (χ4v) is 1.99. The normalized spacial score (nSPS) is 30.8. The maximum absolute atomic E-state index is 11.6. The van der Waals surface area contributed by atoms with Gasteiger partial charge in [-0.15, -0.1) is 0 Å². The van der Waals surface area contributed by atoms with Crippen LogP contribution in [0.5, 0.6) is 0 Å². The number of hydrogen-bond acceptors (Lipinski definition) is 3. The van der Waals surface area contributed by atoms with Crippen molar-refractivity contribution in [2.45, 2.75) is 18.8 Å². The summed E-state index contributed by atoms with van der Waals surface area (Å²) in [5, 5.41) is 0.207. The Hall–Kier alpha value is -2.01. The van der Waals surface area contributed by atoms with E-state index >= 15 is 0 Å². The van der Waals surface area contributed by atoms with Crippen LogP contribution < -0.4 is 5.31 Å². The van der Waals surface area contributed by atoms with Crippen molar-refractivity contribution in [1.82, 2.24) is 15.2 Å². The fourth-order valence-electron chi connectivity index (χ4n) is 1.99. The number of amides is 1. The summed E-state index contributed by atoms with van der Waals surface area (Å²) >= 11 is 0. The second-order valence-corrected chi connectivity index (χ2v) is 4.60. The number of aromatic nitrogens is 1. The third-order valence-corrected chi connectivity index (χ3v) is 2.92. The number of H-pyrrole nitrogens is 1. The summed E-state index contributed by atoms with van der Waals surface area (Å²) < 4.78 is 91.9. The SMILES string of the molecule is [2H]N1C(=O)OC([2H])([2H])[C@@H]1C([2H])([2H])c1ccc2c(c1)c(C([2H])([2H])CN(C)C([2H])([2H])[2H])cn2[2H]. The quantitative estimate of drug-likeness (QED) is 0.887. The molecule has 112 valence electrons. The Morgan fingerprint density at radius 1 is 1.67 bits per heavy atom. The predicted molar refractivity (Wildman–Crippen MR) is 82.5 cm³/mol. The molecule has 1 aliphatic heterocycles. The van der Waals surface area contributed by atoms with Gasteiger partial charge in [-0.25, -0.2) is 4.79 Å². The molecule has 21 heavy (non-hydrogen) atoms. The summed E-state index contributed by atoms with van der Waals surface area (Å²) in [6.45, 7) is -5.88. The molecule has 0 bridgehead atoms. The number of aromatic amines is 1. The van der Waals surface area contributed by atoms with Crippen molar-refractivity contribution in [3.63, 3.8) is 0 Å². The maximum atomic E-state index is 11.6. The third kappa shape index (κ3) is 3.19. The van der Waals surface area contributed by atoms with Crippen LogP contribution >= 0.6 is 0 Å². The molecular weight excluding hydrogens is 266 g/mol. The van der Waals surface area contributed by atoms with Crippen molar-refractivity contribution >= 4 is 17.0 Å². The molecule has 1 saturated heterocycles. The standard InChI is InChI=1S/C16H21N3O2/c1-19(2)6-5-12-9-17-15-4-3-11(8-14(12)15)7-13-10-21-16(20)18-13/h3-4,8-9,13,17H,5-7,10H2,1-2H3,(H,18,20)/t13-/m0/s1/i1D3,5D2,7D2,10D2/hD2. The van der Waals surface area contributed by atoms with Crippen molar-refractivity contribution in [1.29, 1.82) is 0 Å². The number of nitrogens with zero attached hydrogens (tertiary/aromatic N) is 1. The highest BCUT2D eigenvalue weighted by Gasteiger charge is 2.22. The van der Waals surface area contributed by atoms with Gasteiger partial charge in [0.2, 0.25) is 0 Å². The number of fused-ring (bicyclic) bond motifs is 1. The highest BCUT2D eigenvalue weighted by Crippen LogP contribution is 2.21. The first-order valence-electron chi connectivity index (χ1n) is 11.7. The number of carbonyl (C=O) groups excluding carboxylic acids is 1. The van der Waals surface area contributed by atoms with Crippen LogP contribution in [0.25, 0.3) is 10.9 Å². The summed E-state index contributed by atoms with van der Waals surface area (Å²) in [4.78, 5) is 13.4. The third-order valence-electron chi connectivity index (χ3n) is 2.92. The Labute approximate surface area is 139 Å². The lowest BCUT2D eigenvalue weighted by Gasteiger charge is -2.09. The number of hydrogen-bond donors (Lipinski definition) is 2. The second kappa shape index (κ2) is 5.77. The average Bonchev–Trinajstić information content (AvgIpc) is 3.07. The molecule has 2 heterocycles. The number of carbonyl (C=O) groups is 1. The molecule has 0 saturated carbocycles. The first-order chi connectivity index (χ1) is 14.4. The van der Waals surface area contributed by atoms with Crippen LogP contribution in [-0.4, -0.2) is 49.1 Å². The minimum Gasteiger partial charge on any atom is -0.447 e. The number of alkyl carbamates (subject to hydrolysis) is 1. The molecule has 3 rings (SSSR count). The highest BCUT2D eigenvalue weighted by atomic mass is 16.6. The number of likely N-dealkylation sites (N-methyl/N-ethyl adjacent to an activating group) is 1. The van der Waals surface area contributed by atoms with Gasteiger partial charge < -0.3 is 19.9 Å². The monoisotopic (exact) mass is 298 g/mol. The van der Waals surface area contributed by atoms with Gasteiger partial charge in [0.15, 0.2) is 2.82 Å². The molecular formula is C16H21N3O2. The van der Waals surface area contributed by atoms with E-state index < -0.39 is 45.0 Å². The van der Waals surface area contributed by atoms with E-state index in [1.807, 2.05) is 0 Å². The van der Waals surface area contributed by atoms with Gasteiger partial charge >= 0.3 is 6.09 Å². The molecule has 1 fully saturated rings. The highest BCUT2D eigenvalue weighted by molar-refractivity contribution is 5.84. The molecule has 2 aromatic rings. The molecule has 0 aliphatic carbocycles. The minimum atomic E-state index is -2.79. The van der Waals surface area contributed by atoms with Gasteiger partial charge in [-0.2, -0.15) is 0 Å². The summed E-state index contributed by atoms with van der Waals surface area (Å²) in [6.07, 6.45) is -5.03. The van der Waals surface area contributed by atoms with Gasteiger partial charge in [0, 0.05) is 33.2 Å². The smallest absolute Gasteiger partial charge is 0.407 e. The van der Waals surface area contributed by atoms with Gasteiger partial charge in [0.05, 0.1) is 8.78 Å². The van der Waals surface area contributed by atoms with Gasteiger partial charge in [0.1, 0.15) is 6.56 Å². The van der Waals surface area contributed by atoms with Crippen molar-refractivity contribution in [3.05, 3.63) is 35.5 Å². The van der Waals surface area contributed by atoms with Crippen LogP contribution in [0.3, 0.4) is 0 Å². The number of cyclic esters (lactones) is 1. The van der Waals surface area contributed by atoms with E-state index in [0.717, 1.165) is 16.1 Å². The zero-order chi connectivity index (χ0) is 24.4. The van der Waals surface area contributed by atoms with Crippen LogP contribution in [0, 0.1) is 0 Å². The lowest BCUT2D eigenvalue weighted by Crippen LogP contribution is -2.28. The fraction of sp³-hybridized carbons (Fsp3) is 0.438. The summed E-state index contributed by atoms with van der Waals surface area (Å²) in [6, 6.07) is 1.87.